The molecule has 0 radical (unpaired) electrons. The first-order valence-electron chi connectivity index (χ1n) is 14.1. The molecule has 2 aromatic carbocycles. The summed E-state index contributed by atoms with van der Waals surface area (Å²) in [5.74, 6) is 0.211. The van der Waals surface area contributed by atoms with E-state index in [4.69, 9.17) is 9.47 Å². The van der Waals surface area contributed by atoms with E-state index in [9.17, 15) is 14.4 Å². The minimum absolute atomic E-state index is 0.129. The molecule has 5 rings (SSSR count). The highest BCUT2D eigenvalue weighted by molar-refractivity contribution is 8.00. The number of nitrogens with zero attached hydrogens (tertiary/aromatic N) is 3. The zero-order valence-electron chi connectivity index (χ0n) is 24.0. The van der Waals surface area contributed by atoms with E-state index >= 15 is 0 Å². The monoisotopic (exact) mass is 619 g/mol. The van der Waals surface area contributed by atoms with Gasteiger partial charge in [-0.1, -0.05) is 60.3 Å². The second-order valence-electron chi connectivity index (χ2n) is 9.88. The van der Waals surface area contributed by atoms with Crippen LogP contribution in [0.4, 0.5) is 5.00 Å². The Morgan fingerprint density at radius 2 is 1.79 bits per heavy atom. The summed E-state index contributed by atoms with van der Waals surface area (Å²) in [6.45, 7) is 4.29. The molecule has 0 aliphatic heterocycles. The molecular formula is C31H33N5O5S2. The maximum Gasteiger partial charge on any atom is 0.341 e. The number of nitrogens with one attached hydrogen (secondary N) is 2. The summed E-state index contributed by atoms with van der Waals surface area (Å²) in [4.78, 5) is 39.7. The van der Waals surface area contributed by atoms with Crippen molar-refractivity contribution in [3.63, 3.8) is 0 Å². The largest absolute Gasteiger partial charge is 0.484 e. The number of aryl methyl sites for hydroxylation is 1. The molecule has 0 spiro atoms. The summed E-state index contributed by atoms with van der Waals surface area (Å²) in [7, 11) is 0. The smallest absolute Gasteiger partial charge is 0.341 e. The molecule has 12 heteroatoms. The first-order valence-corrected chi connectivity index (χ1v) is 15.8. The third-order valence-corrected chi connectivity index (χ3v) is 9.11. The summed E-state index contributed by atoms with van der Waals surface area (Å²) in [5.41, 5.74) is 2.49. The molecule has 0 saturated heterocycles. The van der Waals surface area contributed by atoms with Crippen LogP contribution in [0.25, 0.3) is 0 Å². The lowest BCUT2D eigenvalue weighted by Gasteiger charge is -2.15. The second-order valence-corrected chi connectivity index (χ2v) is 12.3. The van der Waals surface area contributed by atoms with Gasteiger partial charge in [-0.3, -0.25) is 9.59 Å². The lowest BCUT2D eigenvalue weighted by molar-refractivity contribution is -0.123. The van der Waals surface area contributed by atoms with Gasteiger partial charge in [-0.25, -0.2) is 4.79 Å². The van der Waals surface area contributed by atoms with Crippen molar-refractivity contribution in [2.45, 2.75) is 56.6 Å². The fraction of sp³-hybridized carbons (Fsp3) is 0.323. The summed E-state index contributed by atoms with van der Waals surface area (Å²) in [5, 5.41) is 15.0. The fourth-order valence-corrected chi connectivity index (χ4v) is 6.84. The highest BCUT2D eigenvalue weighted by atomic mass is 32.2. The van der Waals surface area contributed by atoms with Crippen LogP contribution in [-0.2, 0) is 40.3 Å². The molecule has 0 saturated carbocycles. The number of carbonyl (C=O) groups is 3. The third-order valence-electron chi connectivity index (χ3n) is 6.82. The highest BCUT2D eigenvalue weighted by Gasteiger charge is 2.30. The van der Waals surface area contributed by atoms with Crippen molar-refractivity contribution in [1.29, 1.82) is 0 Å². The summed E-state index contributed by atoms with van der Waals surface area (Å²) in [6.07, 6.45) is 2.70. The van der Waals surface area contributed by atoms with Gasteiger partial charge in [-0.05, 0) is 56.4 Å². The van der Waals surface area contributed by atoms with Gasteiger partial charge in [0.05, 0.1) is 30.5 Å². The van der Waals surface area contributed by atoms with Crippen molar-refractivity contribution in [2.24, 2.45) is 0 Å². The number of para-hydroxylation sites is 1. The number of rotatable bonds is 13. The van der Waals surface area contributed by atoms with Gasteiger partial charge in [0.1, 0.15) is 10.8 Å². The van der Waals surface area contributed by atoms with Gasteiger partial charge in [-0.2, -0.15) is 0 Å². The van der Waals surface area contributed by atoms with Crippen molar-refractivity contribution >= 4 is 45.9 Å². The molecule has 1 atom stereocenters. The van der Waals surface area contributed by atoms with Crippen LogP contribution in [0.3, 0.4) is 0 Å². The Labute approximate surface area is 258 Å². The summed E-state index contributed by atoms with van der Waals surface area (Å²) < 4.78 is 12.7. The number of thiophene rings is 1. The van der Waals surface area contributed by atoms with Crippen molar-refractivity contribution in [3.05, 3.63) is 88.1 Å². The van der Waals surface area contributed by atoms with Crippen LogP contribution >= 0.6 is 23.1 Å². The average molecular weight is 620 g/mol. The van der Waals surface area contributed by atoms with Gasteiger partial charge < -0.3 is 24.7 Å². The number of thioether (sulfide) groups is 1. The van der Waals surface area contributed by atoms with E-state index in [1.807, 2.05) is 53.1 Å². The predicted molar refractivity (Wildman–Crippen MR) is 166 cm³/mol. The Hall–Kier alpha value is -4.16. The molecule has 0 unspecified atom stereocenters. The molecule has 1 aliphatic carbocycles. The number of anilines is 1. The summed E-state index contributed by atoms with van der Waals surface area (Å²) >= 11 is 2.71. The second kappa shape index (κ2) is 14.3. The number of ether oxygens (including phenoxy) is 2. The maximum absolute atomic E-state index is 13.4. The topological polar surface area (TPSA) is 124 Å². The van der Waals surface area contributed by atoms with E-state index in [0.717, 1.165) is 35.3 Å². The normalized spacial score (nSPS) is 12.8. The zero-order valence-corrected chi connectivity index (χ0v) is 25.6. The minimum atomic E-state index is -0.549. The van der Waals surface area contributed by atoms with E-state index in [-0.39, 0.29) is 31.6 Å². The van der Waals surface area contributed by atoms with Crippen LogP contribution in [0, 0.1) is 0 Å². The molecule has 10 nitrogen and oxygen atoms in total. The predicted octanol–water partition coefficient (Wildman–Crippen LogP) is 4.87. The van der Waals surface area contributed by atoms with Gasteiger partial charge in [0.25, 0.3) is 5.91 Å². The minimum Gasteiger partial charge on any atom is -0.484 e. The van der Waals surface area contributed by atoms with Gasteiger partial charge in [0.2, 0.25) is 5.91 Å². The van der Waals surface area contributed by atoms with Crippen LogP contribution in [0.5, 0.6) is 5.75 Å². The maximum atomic E-state index is 13.4. The Morgan fingerprint density at radius 3 is 2.53 bits per heavy atom. The van der Waals surface area contributed by atoms with Crippen LogP contribution in [0.1, 0.15) is 52.5 Å². The number of benzene rings is 2. The number of fused-ring (bicyclic) bond motifs is 1. The van der Waals surface area contributed by atoms with Crippen LogP contribution in [0.2, 0.25) is 0 Å². The zero-order chi connectivity index (χ0) is 30.2. The van der Waals surface area contributed by atoms with Crippen LogP contribution < -0.4 is 15.4 Å². The van der Waals surface area contributed by atoms with Gasteiger partial charge in [-0.15, -0.1) is 21.5 Å². The van der Waals surface area contributed by atoms with Crippen LogP contribution in [-0.4, -0.2) is 51.0 Å². The molecule has 2 aromatic heterocycles. The lowest BCUT2D eigenvalue weighted by atomic mass is 10.1. The SMILES string of the molecule is CCOC(=O)c1c(NC(=O)[C@H](C)Sc2nnc(CNC(=O)COc3ccccc3)n2Cc2ccccc2)sc2c1CCC2. The number of hydrogen-bond acceptors (Lipinski definition) is 9. The van der Waals surface area contributed by atoms with Crippen molar-refractivity contribution in [2.75, 3.05) is 18.5 Å². The lowest BCUT2D eigenvalue weighted by Crippen LogP contribution is -2.29. The standard InChI is InChI=1S/C31H33N5O5S2/c1-3-40-30(39)27-23-15-10-16-24(23)43-29(27)33-28(38)20(2)42-31-35-34-25(36(31)18-21-11-6-4-7-12-21)17-32-26(37)19-41-22-13-8-5-9-14-22/h4-9,11-14,20H,3,10,15-19H2,1-2H3,(H,32,37)(H,33,38)/t20-/m0/s1. The molecule has 0 bridgehead atoms. The number of aromatic nitrogens is 3. The molecule has 1 aliphatic rings. The molecular weight excluding hydrogens is 587 g/mol. The average Bonchev–Trinajstić information content (AvgIpc) is 3.71. The Balaban J connectivity index is 1.28. The molecule has 4 aromatic rings. The molecule has 43 heavy (non-hydrogen) atoms. The molecule has 2 amide bonds. The number of esters is 1. The first-order chi connectivity index (χ1) is 20.9. The first kappa shape index (κ1) is 30.3. The highest BCUT2D eigenvalue weighted by Crippen LogP contribution is 2.40. The van der Waals surface area contributed by atoms with Crippen molar-refractivity contribution in [1.82, 2.24) is 20.1 Å². The Morgan fingerprint density at radius 1 is 1.05 bits per heavy atom. The number of amides is 2. The van der Waals surface area contributed by atoms with Gasteiger partial charge >= 0.3 is 5.97 Å². The summed E-state index contributed by atoms with van der Waals surface area (Å²) in [6, 6.07) is 19.0. The third kappa shape index (κ3) is 7.63. The number of carbonyl (C=O) groups excluding carboxylic acids is 3. The van der Waals surface area contributed by atoms with Gasteiger partial charge in [0.15, 0.2) is 17.6 Å². The van der Waals surface area contributed by atoms with E-state index in [1.54, 1.807) is 26.0 Å². The van der Waals surface area contributed by atoms with E-state index in [1.165, 1.54) is 23.1 Å². The van der Waals surface area contributed by atoms with Crippen molar-refractivity contribution in [3.8, 4) is 5.75 Å². The molecule has 2 N–H and O–H groups in total. The van der Waals surface area contributed by atoms with Crippen molar-refractivity contribution < 1.29 is 23.9 Å². The van der Waals surface area contributed by atoms with E-state index in [2.05, 4.69) is 20.8 Å². The Bertz CT molecular complexity index is 1570. The molecule has 0 fully saturated rings. The van der Waals surface area contributed by atoms with E-state index < -0.39 is 11.2 Å². The molecule has 224 valence electrons. The Kier molecular flexibility index (Phi) is 10.1. The molecule has 2 heterocycles. The quantitative estimate of drug-likeness (QED) is 0.161. The number of hydrogen-bond donors (Lipinski definition) is 2. The van der Waals surface area contributed by atoms with Gasteiger partial charge in [0, 0.05) is 4.88 Å². The van der Waals surface area contributed by atoms with E-state index in [0.29, 0.717) is 33.8 Å². The van der Waals surface area contributed by atoms with Crippen LogP contribution in [0.15, 0.2) is 65.8 Å². The fourth-order valence-electron chi connectivity index (χ4n) is 4.69.